The number of urea groups is 1. The molecule has 8 nitrogen and oxygen atoms in total. The molecule has 18 heteroatoms. The minimum atomic E-state index is -5.39. The van der Waals surface area contributed by atoms with Gasteiger partial charge < -0.3 is 15.0 Å². The molecule has 0 aliphatic rings. The van der Waals surface area contributed by atoms with Gasteiger partial charge in [0.1, 0.15) is 18.1 Å². The third-order valence-electron chi connectivity index (χ3n) is 5.66. The van der Waals surface area contributed by atoms with Crippen molar-refractivity contribution in [2.45, 2.75) is 50.4 Å². The van der Waals surface area contributed by atoms with Gasteiger partial charge in [0, 0.05) is 30.3 Å². The first-order valence-electron chi connectivity index (χ1n) is 11.3. The maximum atomic E-state index is 14.5. The Morgan fingerprint density at radius 3 is 2.30 bits per heavy atom. The number of halogens is 10. The quantitative estimate of drug-likeness (QED) is 0.333. The summed E-state index contributed by atoms with van der Waals surface area (Å²) in [5.74, 6) is -1.02. The van der Waals surface area contributed by atoms with Gasteiger partial charge in [0.25, 0.3) is 0 Å². The van der Waals surface area contributed by atoms with Crippen LogP contribution in [0.3, 0.4) is 0 Å². The van der Waals surface area contributed by atoms with Crippen LogP contribution in [0.1, 0.15) is 31.5 Å². The third kappa shape index (κ3) is 7.01. The van der Waals surface area contributed by atoms with E-state index < -0.39 is 67.5 Å². The molecular weight excluding hydrogens is 570 g/mol. The Morgan fingerprint density at radius 2 is 1.75 bits per heavy atom. The van der Waals surface area contributed by atoms with Crippen LogP contribution in [0.4, 0.5) is 48.7 Å². The first kappa shape index (κ1) is 30.7. The van der Waals surface area contributed by atoms with Gasteiger partial charge in [-0.25, -0.2) is 18.7 Å². The van der Waals surface area contributed by atoms with E-state index >= 15 is 0 Å². The molecular formula is C22H20F10N6O2. The molecule has 0 aliphatic heterocycles. The predicted molar refractivity (Wildman–Crippen MR) is 118 cm³/mol. The highest BCUT2D eigenvalue weighted by atomic mass is 19.4. The smallest absolute Gasteiger partial charge is 0.414 e. The van der Waals surface area contributed by atoms with Crippen LogP contribution >= 0.6 is 0 Å². The summed E-state index contributed by atoms with van der Waals surface area (Å²) < 4.78 is 141. The number of amides is 2. The summed E-state index contributed by atoms with van der Waals surface area (Å²) in [6.45, 7) is 0.206. The number of nitrogens with zero attached hydrogens (tertiary/aromatic N) is 5. The summed E-state index contributed by atoms with van der Waals surface area (Å²) >= 11 is 0. The third-order valence-corrected chi connectivity index (χ3v) is 5.66. The molecule has 3 heterocycles. The van der Waals surface area contributed by atoms with Gasteiger partial charge >= 0.3 is 24.6 Å². The van der Waals surface area contributed by atoms with Crippen molar-refractivity contribution in [1.82, 2.24) is 29.8 Å². The Hall–Kier alpha value is -3.86. The minimum absolute atomic E-state index is 0.0475. The maximum absolute atomic E-state index is 14.5. The van der Waals surface area contributed by atoms with E-state index in [1.807, 2.05) is 0 Å². The molecule has 220 valence electrons. The van der Waals surface area contributed by atoms with Crippen LogP contribution in [0, 0.1) is 5.82 Å². The van der Waals surface area contributed by atoms with E-state index in [2.05, 4.69) is 15.1 Å². The number of rotatable bonds is 8. The highest BCUT2D eigenvalue weighted by molar-refractivity contribution is 5.76. The van der Waals surface area contributed by atoms with Crippen LogP contribution in [0.25, 0.3) is 16.8 Å². The van der Waals surface area contributed by atoms with E-state index in [4.69, 9.17) is 4.74 Å². The molecule has 0 saturated heterocycles. The number of carbonyl (C=O) groups excluding carboxylic acids is 1. The lowest BCUT2D eigenvalue weighted by Gasteiger charge is -2.34. The monoisotopic (exact) mass is 590 g/mol. The average molecular weight is 590 g/mol. The lowest BCUT2D eigenvalue weighted by Crippen LogP contribution is -2.53. The molecule has 0 bridgehead atoms. The normalized spacial score (nSPS) is 14.2. The molecule has 3 rings (SSSR count). The molecule has 3 aromatic heterocycles. The van der Waals surface area contributed by atoms with E-state index in [-0.39, 0.29) is 27.4 Å². The van der Waals surface area contributed by atoms with Crippen molar-refractivity contribution in [3.8, 4) is 16.9 Å². The van der Waals surface area contributed by atoms with Gasteiger partial charge in [0.05, 0.1) is 19.0 Å². The molecule has 0 saturated carbocycles. The maximum Gasteiger partial charge on any atom is 0.414 e. The van der Waals surface area contributed by atoms with Crippen molar-refractivity contribution in [3.63, 3.8) is 0 Å². The first-order valence-corrected chi connectivity index (χ1v) is 11.3. The number of methoxy groups -OCH3 is 1. The number of aromatic nitrogens is 4. The van der Waals surface area contributed by atoms with Crippen LogP contribution < -0.4 is 10.1 Å². The second-order valence-electron chi connectivity index (χ2n) is 8.34. The summed E-state index contributed by atoms with van der Waals surface area (Å²) in [5, 5.41) is 5.00. The number of ether oxygens (including phenoxy) is 1. The summed E-state index contributed by atoms with van der Waals surface area (Å²) in [5.41, 5.74) is -1.27. The summed E-state index contributed by atoms with van der Waals surface area (Å²) in [6, 6.07) is -6.23. The second-order valence-corrected chi connectivity index (χ2v) is 8.34. The molecule has 0 aromatic carbocycles. The van der Waals surface area contributed by atoms with Gasteiger partial charge in [-0.2, -0.15) is 44.6 Å². The van der Waals surface area contributed by atoms with Crippen molar-refractivity contribution in [2.75, 3.05) is 13.7 Å². The number of nitrogens with one attached hydrogen (secondary N) is 1. The standard InChI is InChI=1S/C22H20F10N6O2/c1-3-37(19(39)36-16(21(27,28)29)4-5-20(24,25)26)17(22(30,31)32)14-7-12(15(40-2)8-33-14)11-6-13(23)18-34-10-35-38(18)9-11/h6-10,16-17H,3-5H2,1-2H3,(H,36,39). The molecule has 2 amide bonds. The lowest BCUT2D eigenvalue weighted by atomic mass is 10.0. The average Bonchev–Trinajstić information content (AvgIpc) is 3.32. The van der Waals surface area contributed by atoms with E-state index in [0.29, 0.717) is 0 Å². The van der Waals surface area contributed by atoms with E-state index in [9.17, 15) is 48.7 Å². The van der Waals surface area contributed by atoms with Crippen LogP contribution in [-0.2, 0) is 0 Å². The molecule has 3 aromatic rings. The lowest BCUT2D eigenvalue weighted by molar-refractivity contribution is -0.182. The molecule has 0 aliphatic carbocycles. The fourth-order valence-electron chi connectivity index (χ4n) is 3.83. The van der Waals surface area contributed by atoms with Crippen molar-refractivity contribution >= 4 is 11.7 Å². The predicted octanol–water partition coefficient (Wildman–Crippen LogP) is 5.85. The number of hydrogen-bond acceptors (Lipinski definition) is 5. The van der Waals surface area contributed by atoms with E-state index in [1.54, 1.807) is 0 Å². The molecule has 1 N–H and O–H groups in total. The summed E-state index contributed by atoms with van der Waals surface area (Å²) in [4.78, 5) is 20.0. The first-order chi connectivity index (χ1) is 18.5. The van der Waals surface area contributed by atoms with Crippen LogP contribution in [0.15, 0.2) is 30.9 Å². The molecule has 40 heavy (non-hydrogen) atoms. The molecule has 0 spiro atoms. The molecule has 0 radical (unpaired) electrons. The van der Waals surface area contributed by atoms with Gasteiger partial charge in [-0.15, -0.1) is 0 Å². The van der Waals surface area contributed by atoms with Crippen molar-refractivity contribution < 1.29 is 53.4 Å². The number of fused-ring (bicyclic) bond motifs is 1. The molecule has 2 unspecified atom stereocenters. The van der Waals surface area contributed by atoms with Gasteiger partial charge in [-0.3, -0.25) is 4.98 Å². The van der Waals surface area contributed by atoms with Crippen LogP contribution in [0.2, 0.25) is 0 Å². The van der Waals surface area contributed by atoms with Crippen molar-refractivity contribution in [1.29, 1.82) is 0 Å². The summed E-state index contributed by atoms with van der Waals surface area (Å²) in [7, 11) is 1.15. The Morgan fingerprint density at radius 1 is 1.07 bits per heavy atom. The van der Waals surface area contributed by atoms with Crippen LogP contribution in [-0.4, -0.2) is 68.7 Å². The van der Waals surface area contributed by atoms with E-state index in [1.165, 1.54) is 11.5 Å². The number of pyridine rings is 2. The largest absolute Gasteiger partial charge is 0.494 e. The van der Waals surface area contributed by atoms with Gasteiger partial charge in [0.15, 0.2) is 17.5 Å². The Kier molecular flexibility index (Phi) is 8.69. The second kappa shape index (κ2) is 11.3. The van der Waals surface area contributed by atoms with Crippen molar-refractivity contribution in [2.24, 2.45) is 0 Å². The van der Waals surface area contributed by atoms with E-state index in [0.717, 1.165) is 43.2 Å². The zero-order chi connectivity index (χ0) is 30.0. The fraction of sp³-hybridized carbons (Fsp3) is 0.455. The molecule has 2 atom stereocenters. The minimum Gasteiger partial charge on any atom is -0.494 e. The number of alkyl halides is 9. The fourth-order valence-corrected chi connectivity index (χ4v) is 3.83. The highest BCUT2D eigenvalue weighted by Gasteiger charge is 2.49. The topological polar surface area (TPSA) is 84.7 Å². The Bertz CT molecular complexity index is 1340. The SMILES string of the molecule is CCN(C(=O)NC(CCC(F)(F)F)C(F)(F)F)C(c1cc(-c2cc(F)c3ncnn3c2)c(OC)cn1)C(F)(F)F. The number of hydrogen-bond donors (Lipinski definition) is 1. The van der Waals surface area contributed by atoms with Gasteiger partial charge in [-0.1, -0.05) is 0 Å². The zero-order valence-corrected chi connectivity index (χ0v) is 20.5. The number of carbonyl (C=O) groups is 1. The Labute approximate surface area is 218 Å². The molecule has 0 fully saturated rings. The van der Waals surface area contributed by atoms with Crippen molar-refractivity contribution in [3.05, 3.63) is 42.4 Å². The van der Waals surface area contributed by atoms with Gasteiger partial charge in [-0.05, 0) is 25.5 Å². The van der Waals surface area contributed by atoms with Crippen LogP contribution in [0.5, 0.6) is 5.75 Å². The summed E-state index contributed by atoms with van der Waals surface area (Å²) in [6.07, 6.45) is -16.2. The van der Waals surface area contributed by atoms with Gasteiger partial charge in [0.2, 0.25) is 0 Å². The highest BCUT2D eigenvalue weighted by Crippen LogP contribution is 2.40. The zero-order valence-electron chi connectivity index (χ0n) is 20.5. The Balaban J connectivity index is 2.04.